The smallest absolute Gasteiger partial charge is 0.234 e. The number of aromatic amines is 2. The summed E-state index contributed by atoms with van der Waals surface area (Å²) in [5, 5.41) is 6.86. The highest BCUT2D eigenvalue weighted by molar-refractivity contribution is 7.71. The molecule has 0 aliphatic carbocycles. The van der Waals surface area contributed by atoms with Crippen LogP contribution in [0.25, 0.3) is 0 Å². The Bertz CT molecular complexity index is 280. The van der Waals surface area contributed by atoms with Crippen molar-refractivity contribution in [2.45, 2.75) is 20.3 Å². The van der Waals surface area contributed by atoms with E-state index in [9.17, 15) is 0 Å². The summed E-state index contributed by atoms with van der Waals surface area (Å²) in [4.78, 5) is 3.93. The predicted molar refractivity (Wildman–Crippen MR) is 60.3 cm³/mol. The van der Waals surface area contributed by atoms with Crippen molar-refractivity contribution < 1.29 is 0 Å². The van der Waals surface area contributed by atoms with Gasteiger partial charge in [0.05, 0.1) is 0 Å². The Morgan fingerprint density at radius 1 is 1.43 bits per heavy atom. The number of anilines is 1. The summed E-state index contributed by atoms with van der Waals surface area (Å²) < 4.78 is 0.396. The van der Waals surface area contributed by atoms with E-state index in [2.05, 4.69) is 15.2 Å². The minimum atomic E-state index is 0.396. The Labute approximate surface area is 88.6 Å². The Balaban J connectivity index is 0.000000791. The van der Waals surface area contributed by atoms with Gasteiger partial charge in [0.1, 0.15) is 0 Å². The van der Waals surface area contributed by atoms with Crippen molar-refractivity contribution in [3.05, 3.63) is 4.77 Å². The Morgan fingerprint density at radius 3 is 2.50 bits per heavy atom. The van der Waals surface area contributed by atoms with Gasteiger partial charge in [-0.25, -0.2) is 5.84 Å². The first-order valence-corrected chi connectivity index (χ1v) is 5.02. The molecule has 0 bridgehead atoms. The maximum Gasteiger partial charge on any atom is 0.234 e. The number of nitrogens with two attached hydrogens (primary N) is 2. The summed E-state index contributed by atoms with van der Waals surface area (Å²) in [7, 11) is 0. The molecule has 1 rings (SSSR count). The van der Waals surface area contributed by atoms with Crippen LogP contribution in [0.3, 0.4) is 0 Å². The molecule has 0 atom stereocenters. The Kier molecular flexibility index (Phi) is 6.99. The average molecular weight is 218 g/mol. The number of H-pyrrole nitrogens is 2. The summed E-state index contributed by atoms with van der Waals surface area (Å²) >= 11 is 4.76. The van der Waals surface area contributed by atoms with Crippen LogP contribution in [0.15, 0.2) is 0 Å². The first-order chi connectivity index (χ1) is 6.74. The molecule has 1 heterocycles. The predicted octanol–water partition coefficient (Wildman–Crippen LogP) is 0.522. The van der Waals surface area contributed by atoms with E-state index in [0.29, 0.717) is 23.8 Å². The lowest BCUT2D eigenvalue weighted by atomic mass is 10.4. The molecule has 1 aromatic heterocycles. The second kappa shape index (κ2) is 7.48. The molecule has 0 amide bonds. The lowest BCUT2D eigenvalue weighted by molar-refractivity contribution is 0.742. The topological polar surface area (TPSA) is 99.8 Å². The van der Waals surface area contributed by atoms with Crippen molar-refractivity contribution >= 4 is 18.2 Å². The second-order valence-electron chi connectivity index (χ2n) is 2.33. The van der Waals surface area contributed by atoms with Gasteiger partial charge < -0.3 is 5.73 Å². The fourth-order valence-corrected chi connectivity index (χ4v) is 0.903. The van der Waals surface area contributed by atoms with Gasteiger partial charge in [0.25, 0.3) is 0 Å². The lowest BCUT2D eigenvalue weighted by Crippen LogP contribution is -2.33. The average Bonchev–Trinajstić information content (AvgIpc) is 2.64. The Hall–Kier alpha value is -0.920. The van der Waals surface area contributed by atoms with Gasteiger partial charge in [0.2, 0.25) is 10.7 Å². The molecule has 7 heteroatoms. The number of hydrogen-bond donors (Lipinski definition) is 4. The molecular weight excluding hydrogens is 200 g/mol. The van der Waals surface area contributed by atoms with Gasteiger partial charge in [-0.2, -0.15) is 4.98 Å². The van der Waals surface area contributed by atoms with Gasteiger partial charge in [-0.3, -0.25) is 15.2 Å². The maximum absolute atomic E-state index is 5.61. The van der Waals surface area contributed by atoms with E-state index in [-0.39, 0.29) is 0 Å². The zero-order valence-corrected chi connectivity index (χ0v) is 9.40. The number of nitrogens with zero attached hydrogens (tertiary/aromatic N) is 2. The quantitative estimate of drug-likeness (QED) is 0.335. The van der Waals surface area contributed by atoms with E-state index in [1.54, 1.807) is 0 Å². The van der Waals surface area contributed by atoms with Crippen molar-refractivity contribution in [1.29, 1.82) is 0 Å². The van der Waals surface area contributed by atoms with Gasteiger partial charge in [-0.1, -0.05) is 13.8 Å². The maximum atomic E-state index is 5.61. The second-order valence-corrected chi connectivity index (χ2v) is 2.71. The number of aromatic nitrogens is 3. The standard InChI is InChI=1S/C5H12N6S.C2H6/c6-2-1-3-11(7)4-8-5(12)10-9-4;1-2/h1-3,6-7H2,(H2,8,9,10,12);1-2H3. The highest BCUT2D eigenvalue weighted by Crippen LogP contribution is 1.99. The van der Waals surface area contributed by atoms with Crippen LogP contribution in [-0.4, -0.2) is 28.3 Å². The van der Waals surface area contributed by atoms with Crippen LogP contribution in [0.5, 0.6) is 0 Å². The summed E-state index contributed by atoms with van der Waals surface area (Å²) in [6.45, 7) is 5.27. The third-order valence-electron chi connectivity index (χ3n) is 1.36. The monoisotopic (exact) mass is 218 g/mol. The molecule has 0 aliphatic rings. The molecule has 0 spiro atoms. The Morgan fingerprint density at radius 2 is 2.07 bits per heavy atom. The van der Waals surface area contributed by atoms with Gasteiger partial charge >= 0.3 is 0 Å². The lowest BCUT2D eigenvalue weighted by Gasteiger charge is -2.13. The fraction of sp³-hybridized carbons (Fsp3) is 0.714. The van der Waals surface area contributed by atoms with Crippen molar-refractivity contribution in [3.63, 3.8) is 0 Å². The van der Waals surface area contributed by atoms with Gasteiger partial charge in [-0.15, -0.1) is 0 Å². The van der Waals surface area contributed by atoms with Gasteiger partial charge in [-0.05, 0) is 25.2 Å². The fourth-order valence-electron chi connectivity index (χ4n) is 0.765. The van der Waals surface area contributed by atoms with E-state index in [1.165, 1.54) is 5.01 Å². The zero-order chi connectivity index (χ0) is 11.0. The van der Waals surface area contributed by atoms with Crippen molar-refractivity contribution in [1.82, 2.24) is 15.2 Å². The van der Waals surface area contributed by atoms with Crippen molar-refractivity contribution in [2.75, 3.05) is 18.1 Å². The molecule has 1 aromatic rings. The molecule has 0 saturated carbocycles. The van der Waals surface area contributed by atoms with Crippen LogP contribution in [0.1, 0.15) is 20.3 Å². The van der Waals surface area contributed by atoms with Gasteiger partial charge in [0, 0.05) is 6.54 Å². The largest absolute Gasteiger partial charge is 0.330 e. The van der Waals surface area contributed by atoms with Crippen LogP contribution in [0.2, 0.25) is 0 Å². The van der Waals surface area contributed by atoms with Crippen molar-refractivity contribution in [3.8, 4) is 0 Å². The van der Waals surface area contributed by atoms with Crippen LogP contribution in [0, 0.1) is 4.77 Å². The summed E-state index contributed by atoms with van der Waals surface area (Å²) in [5.74, 6) is 6.15. The highest BCUT2D eigenvalue weighted by atomic mass is 32.1. The summed E-state index contributed by atoms with van der Waals surface area (Å²) in [6.07, 6.45) is 0.823. The van der Waals surface area contributed by atoms with Crippen LogP contribution in [-0.2, 0) is 0 Å². The summed E-state index contributed by atoms with van der Waals surface area (Å²) in [5.41, 5.74) is 5.32. The van der Waals surface area contributed by atoms with Crippen LogP contribution < -0.4 is 16.6 Å². The molecular formula is C7H18N6S. The van der Waals surface area contributed by atoms with E-state index in [0.717, 1.165) is 6.42 Å². The molecule has 0 saturated heterocycles. The van der Waals surface area contributed by atoms with Crippen LogP contribution in [0.4, 0.5) is 5.95 Å². The first-order valence-electron chi connectivity index (χ1n) is 4.61. The normalized spacial score (nSPS) is 9.14. The zero-order valence-electron chi connectivity index (χ0n) is 8.58. The highest BCUT2D eigenvalue weighted by Gasteiger charge is 2.02. The number of nitrogens with one attached hydrogen (secondary N) is 2. The number of rotatable bonds is 4. The van der Waals surface area contributed by atoms with E-state index in [1.807, 2.05) is 13.8 Å². The van der Waals surface area contributed by atoms with E-state index >= 15 is 0 Å². The van der Waals surface area contributed by atoms with E-state index in [4.69, 9.17) is 23.8 Å². The summed E-state index contributed by atoms with van der Waals surface area (Å²) in [6, 6.07) is 0. The van der Waals surface area contributed by atoms with Crippen molar-refractivity contribution in [2.24, 2.45) is 11.6 Å². The minimum Gasteiger partial charge on any atom is -0.330 e. The SMILES string of the molecule is CC.NCCCN(N)c1nc(=S)[nH][nH]1. The number of hydrazine groups is 1. The molecule has 0 radical (unpaired) electrons. The molecule has 82 valence electrons. The molecule has 0 aromatic carbocycles. The molecule has 0 aliphatic heterocycles. The minimum absolute atomic E-state index is 0.396. The molecule has 0 unspecified atom stereocenters. The van der Waals surface area contributed by atoms with Crippen LogP contribution >= 0.6 is 12.2 Å². The number of hydrogen-bond acceptors (Lipinski definition) is 5. The molecule has 14 heavy (non-hydrogen) atoms. The van der Waals surface area contributed by atoms with Gasteiger partial charge in [0.15, 0.2) is 0 Å². The van der Waals surface area contributed by atoms with E-state index < -0.39 is 0 Å². The third-order valence-corrected chi connectivity index (χ3v) is 1.56. The first kappa shape index (κ1) is 13.1. The molecule has 0 fully saturated rings. The molecule has 6 nitrogen and oxygen atoms in total. The third kappa shape index (κ3) is 4.35. The molecule has 6 N–H and O–H groups in total.